The van der Waals surface area contributed by atoms with Crippen molar-refractivity contribution in [2.75, 3.05) is 26.9 Å². The highest BCUT2D eigenvalue weighted by atomic mass is 16.5. The van der Waals surface area contributed by atoms with Gasteiger partial charge in [-0.1, -0.05) is 42.5 Å². The quantitative estimate of drug-likeness (QED) is 0.417. The molecule has 3 aromatic rings. The minimum absolute atomic E-state index is 0.116. The molecule has 1 amide bonds. The molecule has 0 saturated carbocycles. The lowest BCUT2D eigenvalue weighted by Gasteiger charge is -2.12. The highest BCUT2D eigenvalue weighted by Gasteiger charge is 2.08. The van der Waals surface area contributed by atoms with E-state index in [-0.39, 0.29) is 12.5 Å². The number of ether oxygens (including phenoxy) is 4. The first-order valence-corrected chi connectivity index (χ1v) is 10.6. The van der Waals surface area contributed by atoms with E-state index in [1.165, 1.54) is 0 Å². The number of hydrogen-bond acceptors (Lipinski definition) is 6. The minimum atomic E-state index is -0.243. The molecule has 0 saturated heterocycles. The summed E-state index contributed by atoms with van der Waals surface area (Å²) in [5.41, 5.74) is 1.85. The number of para-hydroxylation sites is 1. The third-order valence-corrected chi connectivity index (χ3v) is 4.54. The Morgan fingerprint density at radius 1 is 0.970 bits per heavy atom. The average Bonchev–Trinajstić information content (AvgIpc) is 2.86. The Hall–Kier alpha value is -4.00. The first-order chi connectivity index (χ1) is 16.2. The van der Waals surface area contributed by atoms with Crippen LogP contribution in [0.3, 0.4) is 0 Å². The van der Waals surface area contributed by atoms with Crippen LogP contribution in [-0.2, 0) is 11.3 Å². The predicted octanol–water partition coefficient (Wildman–Crippen LogP) is 4.28. The second kappa shape index (κ2) is 12.8. The van der Waals surface area contributed by atoms with Crippen LogP contribution < -0.4 is 24.3 Å². The number of carbonyl (C=O) groups excluding carboxylic acids is 1. The fraction of sp³-hybridized carbons (Fsp3) is 0.231. The smallest absolute Gasteiger partial charge is 0.258 e. The van der Waals surface area contributed by atoms with Crippen LogP contribution in [0.2, 0.25) is 0 Å². The van der Waals surface area contributed by atoms with E-state index in [1.54, 1.807) is 25.4 Å². The molecule has 3 rings (SSSR count). The molecule has 0 bridgehead atoms. The van der Waals surface area contributed by atoms with Crippen LogP contribution >= 0.6 is 0 Å². The van der Waals surface area contributed by atoms with Crippen molar-refractivity contribution in [3.63, 3.8) is 0 Å². The lowest BCUT2D eigenvalue weighted by molar-refractivity contribution is -0.123. The maximum atomic E-state index is 12.2. The molecule has 7 heteroatoms. The summed E-state index contributed by atoms with van der Waals surface area (Å²) in [7, 11) is 1.57. The van der Waals surface area contributed by atoms with E-state index in [0.29, 0.717) is 37.1 Å². The van der Waals surface area contributed by atoms with Crippen molar-refractivity contribution in [3.8, 4) is 23.1 Å². The maximum absolute atomic E-state index is 12.2. The molecule has 0 fully saturated rings. The molecular weight excluding hydrogens is 420 g/mol. The molecule has 0 radical (unpaired) electrons. The van der Waals surface area contributed by atoms with Crippen molar-refractivity contribution in [2.45, 2.75) is 13.5 Å². The number of nitrogens with zero attached hydrogens (tertiary/aromatic N) is 1. The second-order valence-corrected chi connectivity index (χ2v) is 6.99. The Kier molecular flexibility index (Phi) is 9.15. The Labute approximate surface area is 194 Å². The van der Waals surface area contributed by atoms with Gasteiger partial charge in [0.05, 0.1) is 7.11 Å². The molecule has 1 N–H and O–H groups in total. The molecule has 1 heterocycles. The zero-order valence-electron chi connectivity index (χ0n) is 18.8. The number of allylic oxidation sites excluding steroid dienone is 1. The van der Waals surface area contributed by atoms with E-state index >= 15 is 0 Å². The number of carbonyl (C=O) groups is 1. The summed E-state index contributed by atoms with van der Waals surface area (Å²) in [5, 5.41) is 2.81. The second-order valence-electron chi connectivity index (χ2n) is 6.99. The lowest BCUT2D eigenvalue weighted by Crippen LogP contribution is -2.28. The summed E-state index contributed by atoms with van der Waals surface area (Å²) in [6.45, 7) is 2.97. The number of rotatable bonds is 12. The highest BCUT2D eigenvalue weighted by Crippen LogP contribution is 2.28. The number of hydrogen-bond donors (Lipinski definition) is 1. The molecule has 0 unspecified atom stereocenters. The van der Waals surface area contributed by atoms with Gasteiger partial charge in [0, 0.05) is 18.8 Å². The van der Waals surface area contributed by atoms with Gasteiger partial charge >= 0.3 is 0 Å². The number of aromatic nitrogens is 1. The molecule has 0 aliphatic carbocycles. The van der Waals surface area contributed by atoms with Crippen LogP contribution in [0.4, 0.5) is 0 Å². The van der Waals surface area contributed by atoms with E-state index in [2.05, 4.69) is 10.3 Å². The SMILES string of the molecule is C/C=C/c1ccc(OCC(=O)NCc2ccc(OCCOc3ccccc3)nc2)c(OC)c1. The molecule has 1 aromatic heterocycles. The molecule has 2 aromatic carbocycles. The van der Waals surface area contributed by atoms with Crippen LogP contribution in [-0.4, -0.2) is 37.8 Å². The van der Waals surface area contributed by atoms with E-state index in [1.807, 2.05) is 67.6 Å². The van der Waals surface area contributed by atoms with Crippen molar-refractivity contribution in [1.82, 2.24) is 10.3 Å². The fourth-order valence-corrected chi connectivity index (χ4v) is 2.92. The topological polar surface area (TPSA) is 78.9 Å². The van der Waals surface area contributed by atoms with Gasteiger partial charge in [-0.15, -0.1) is 0 Å². The summed E-state index contributed by atoms with van der Waals surface area (Å²) in [4.78, 5) is 16.4. The lowest BCUT2D eigenvalue weighted by atomic mass is 10.2. The molecule has 7 nitrogen and oxygen atoms in total. The van der Waals surface area contributed by atoms with Gasteiger partial charge < -0.3 is 24.3 Å². The molecule has 0 aliphatic rings. The van der Waals surface area contributed by atoms with Crippen LogP contribution in [0.1, 0.15) is 18.1 Å². The van der Waals surface area contributed by atoms with Gasteiger partial charge in [-0.25, -0.2) is 4.98 Å². The van der Waals surface area contributed by atoms with Gasteiger partial charge in [-0.05, 0) is 42.3 Å². The standard InChI is InChI=1S/C26H28N2O5/c1-3-7-20-10-12-23(24(16-20)30-2)33-19-25(29)27-17-21-11-13-26(28-18-21)32-15-14-31-22-8-5-4-6-9-22/h3-13,16,18H,14-15,17,19H2,1-2H3,(H,27,29)/b7-3+. The van der Waals surface area contributed by atoms with Gasteiger partial charge in [-0.3, -0.25) is 4.79 Å². The summed E-state index contributed by atoms with van der Waals surface area (Å²) in [6, 6.07) is 18.7. The van der Waals surface area contributed by atoms with Crippen molar-refractivity contribution in [3.05, 3.63) is 84.1 Å². The van der Waals surface area contributed by atoms with E-state index in [4.69, 9.17) is 18.9 Å². The Bertz CT molecular complexity index is 1040. The molecule has 0 aliphatic heterocycles. The minimum Gasteiger partial charge on any atom is -0.493 e. The van der Waals surface area contributed by atoms with Gasteiger partial charge in [0.1, 0.15) is 19.0 Å². The van der Waals surface area contributed by atoms with Crippen LogP contribution in [0, 0.1) is 0 Å². The number of amides is 1. The zero-order chi connectivity index (χ0) is 23.3. The molecule has 172 valence electrons. The highest BCUT2D eigenvalue weighted by molar-refractivity contribution is 5.77. The number of methoxy groups -OCH3 is 1. The first kappa shape index (κ1) is 23.7. The van der Waals surface area contributed by atoms with E-state index in [9.17, 15) is 4.79 Å². The van der Waals surface area contributed by atoms with Gasteiger partial charge in [0.15, 0.2) is 18.1 Å². The Balaban J connectivity index is 1.38. The summed E-state index contributed by atoms with van der Waals surface area (Å²) in [6.07, 6.45) is 5.57. The van der Waals surface area contributed by atoms with E-state index in [0.717, 1.165) is 16.9 Å². The summed E-state index contributed by atoms with van der Waals surface area (Å²) >= 11 is 0. The summed E-state index contributed by atoms with van der Waals surface area (Å²) < 4.78 is 22.1. The maximum Gasteiger partial charge on any atom is 0.258 e. The Morgan fingerprint density at radius 3 is 2.52 bits per heavy atom. The summed E-state index contributed by atoms with van der Waals surface area (Å²) in [5.74, 6) is 2.15. The van der Waals surface area contributed by atoms with Gasteiger partial charge in [0.2, 0.25) is 5.88 Å². The normalized spacial score (nSPS) is 10.6. The van der Waals surface area contributed by atoms with Crippen LogP contribution in [0.25, 0.3) is 6.08 Å². The zero-order valence-corrected chi connectivity index (χ0v) is 18.8. The van der Waals surface area contributed by atoms with Gasteiger partial charge in [0.25, 0.3) is 5.91 Å². The van der Waals surface area contributed by atoms with Crippen LogP contribution in [0.5, 0.6) is 23.1 Å². The molecule has 0 spiro atoms. The third-order valence-electron chi connectivity index (χ3n) is 4.54. The third kappa shape index (κ3) is 7.88. The largest absolute Gasteiger partial charge is 0.493 e. The van der Waals surface area contributed by atoms with E-state index < -0.39 is 0 Å². The van der Waals surface area contributed by atoms with Gasteiger partial charge in [-0.2, -0.15) is 0 Å². The number of pyridine rings is 1. The molecular formula is C26H28N2O5. The first-order valence-electron chi connectivity index (χ1n) is 10.6. The molecule has 0 atom stereocenters. The molecule has 33 heavy (non-hydrogen) atoms. The predicted molar refractivity (Wildman–Crippen MR) is 127 cm³/mol. The fourth-order valence-electron chi connectivity index (χ4n) is 2.92. The average molecular weight is 449 g/mol. The monoisotopic (exact) mass is 448 g/mol. The number of benzene rings is 2. The Morgan fingerprint density at radius 2 is 1.79 bits per heavy atom. The van der Waals surface area contributed by atoms with Crippen molar-refractivity contribution >= 4 is 12.0 Å². The van der Waals surface area contributed by atoms with Crippen LogP contribution in [0.15, 0.2) is 72.9 Å². The van der Waals surface area contributed by atoms with Crippen molar-refractivity contribution in [2.24, 2.45) is 0 Å². The van der Waals surface area contributed by atoms with Crippen molar-refractivity contribution < 1.29 is 23.7 Å². The number of nitrogens with one attached hydrogen (secondary N) is 1. The van der Waals surface area contributed by atoms with Crippen molar-refractivity contribution in [1.29, 1.82) is 0 Å².